The first-order valence-electron chi connectivity index (χ1n) is 7.75. The van der Waals surface area contributed by atoms with E-state index in [0.717, 1.165) is 17.7 Å². The SMILES string of the molecule is O=C(C[NH+](Cc1ccccc1F)C1CC1)Nc1cccc(F)c1. The van der Waals surface area contributed by atoms with E-state index in [2.05, 4.69) is 5.32 Å². The van der Waals surface area contributed by atoms with E-state index in [1.807, 2.05) is 0 Å². The number of quaternary nitrogens is 1. The van der Waals surface area contributed by atoms with E-state index in [-0.39, 0.29) is 24.1 Å². The predicted molar refractivity (Wildman–Crippen MR) is 84.0 cm³/mol. The summed E-state index contributed by atoms with van der Waals surface area (Å²) < 4.78 is 27.0. The molecule has 1 unspecified atom stereocenters. The van der Waals surface area contributed by atoms with Crippen LogP contribution in [0.3, 0.4) is 0 Å². The van der Waals surface area contributed by atoms with Crippen LogP contribution in [-0.2, 0) is 11.3 Å². The lowest BCUT2D eigenvalue weighted by molar-refractivity contribution is -0.917. The number of rotatable bonds is 6. The Hall–Kier alpha value is -2.27. The van der Waals surface area contributed by atoms with E-state index >= 15 is 0 Å². The highest BCUT2D eigenvalue weighted by Crippen LogP contribution is 2.16. The largest absolute Gasteiger partial charge is 0.321 e. The maximum atomic E-state index is 13.8. The molecule has 0 spiro atoms. The fraction of sp³-hybridized carbons (Fsp3) is 0.278. The van der Waals surface area contributed by atoms with Crippen molar-refractivity contribution in [3.05, 3.63) is 65.7 Å². The van der Waals surface area contributed by atoms with E-state index in [4.69, 9.17) is 0 Å². The molecule has 1 saturated carbocycles. The number of carbonyl (C=O) groups excluding carboxylic acids is 1. The van der Waals surface area contributed by atoms with Gasteiger partial charge in [-0.05, 0) is 24.3 Å². The Morgan fingerprint density at radius 3 is 2.61 bits per heavy atom. The van der Waals surface area contributed by atoms with Gasteiger partial charge >= 0.3 is 0 Å². The van der Waals surface area contributed by atoms with Gasteiger partial charge in [-0.25, -0.2) is 8.78 Å². The van der Waals surface area contributed by atoms with Crippen LogP contribution in [0.15, 0.2) is 48.5 Å². The molecule has 2 N–H and O–H groups in total. The van der Waals surface area contributed by atoms with Crippen molar-refractivity contribution < 1.29 is 18.5 Å². The van der Waals surface area contributed by atoms with Gasteiger partial charge in [-0.1, -0.05) is 24.3 Å². The van der Waals surface area contributed by atoms with Crippen LogP contribution in [0.4, 0.5) is 14.5 Å². The summed E-state index contributed by atoms with van der Waals surface area (Å²) in [7, 11) is 0. The number of halogens is 2. The van der Waals surface area contributed by atoms with E-state index in [1.54, 1.807) is 30.3 Å². The number of anilines is 1. The minimum Gasteiger partial charge on any atom is -0.321 e. The number of carbonyl (C=O) groups is 1. The fourth-order valence-corrected chi connectivity index (χ4v) is 2.71. The summed E-state index contributed by atoms with van der Waals surface area (Å²) in [5.74, 6) is -0.814. The Bertz CT molecular complexity index is 701. The zero-order chi connectivity index (χ0) is 16.2. The van der Waals surface area contributed by atoms with E-state index in [0.29, 0.717) is 23.8 Å². The molecule has 0 radical (unpaired) electrons. The summed E-state index contributed by atoms with van der Waals surface area (Å²) in [6.45, 7) is 0.726. The minimum atomic E-state index is -0.388. The highest BCUT2D eigenvalue weighted by Gasteiger charge is 2.35. The van der Waals surface area contributed by atoms with Crippen LogP contribution in [0, 0.1) is 11.6 Å². The van der Waals surface area contributed by atoms with Crippen LogP contribution in [0.25, 0.3) is 0 Å². The average molecular weight is 317 g/mol. The third-order valence-electron chi connectivity index (χ3n) is 4.03. The summed E-state index contributed by atoms with van der Waals surface area (Å²) in [6.07, 6.45) is 2.11. The highest BCUT2D eigenvalue weighted by molar-refractivity contribution is 5.91. The van der Waals surface area contributed by atoms with Gasteiger partial charge in [0, 0.05) is 24.1 Å². The van der Waals surface area contributed by atoms with Gasteiger partial charge in [0.15, 0.2) is 6.54 Å². The van der Waals surface area contributed by atoms with Crippen LogP contribution in [0.5, 0.6) is 0 Å². The molecule has 0 bridgehead atoms. The summed E-state index contributed by atoms with van der Waals surface area (Å²) in [5.41, 5.74) is 1.06. The highest BCUT2D eigenvalue weighted by atomic mass is 19.1. The van der Waals surface area contributed by atoms with Gasteiger partial charge in [0.1, 0.15) is 18.2 Å². The smallest absolute Gasteiger partial charge is 0.279 e. The van der Waals surface area contributed by atoms with Crippen LogP contribution in [0.2, 0.25) is 0 Å². The second-order valence-electron chi connectivity index (χ2n) is 5.94. The van der Waals surface area contributed by atoms with Gasteiger partial charge in [-0.2, -0.15) is 0 Å². The minimum absolute atomic E-state index is 0.186. The zero-order valence-corrected chi connectivity index (χ0v) is 12.7. The third kappa shape index (κ3) is 4.36. The average Bonchev–Trinajstić information content (AvgIpc) is 3.33. The topological polar surface area (TPSA) is 33.5 Å². The molecule has 5 heteroatoms. The second-order valence-corrected chi connectivity index (χ2v) is 5.94. The van der Waals surface area contributed by atoms with Crippen molar-refractivity contribution in [2.45, 2.75) is 25.4 Å². The van der Waals surface area contributed by atoms with Crippen LogP contribution < -0.4 is 10.2 Å². The molecule has 1 fully saturated rings. The van der Waals surface area contributed by atoms with E-state index < -0.39 is 0 Å². The van der Waals surface area contributed by atoms with Crippen molar-refractivity contribution >= 4 is 11.6 Å². The normalized spacial score (nSPS) is 15.2. The Labute approximate surface area is 133 Å². The van der Waals surface area contributed by atoms with Crippen molar-refractivity contribution in [2.75, 3.05) is 11.9 Å². The number of amides is 1. The Morgan fingerprint density at radius 2 is 1.91 bits per heavy atom. The predicted octanol–water partition coefficient (Wildman–Crippen LogP) is 2.15. The molecule has 0 aliphatic heterocycles. The van der Waals surface area contributed by atoms with Gasteiger partial charge in [0.05, 0.1) is 6.04 Å². The first kappa shape index (κ1) is 15.6. The van der Waals surface area contributed by atoms with Gasteiger partial charge in [-0.3, -0.25) is 4.79 Å². The standard InChI is InChI=1S/C18H18F2N2O/c19-14-5-3-6-15(10-14)21-18(23)12-22(16-8-9-16)11-13-4-1-2-7-17(13)20/h1-7,10,16H,8-9,11-12H2,(H,21,23)/p+1. The van der Waals surface area contributed by atoms with Crippen molar-refractivity contribution in [3.8, 4) is 0 Å². The van der Waals surface area contributed by atoms with Gasteiger partial charge in [0.2, 0.25) is 0 Å². The maximum absolute atomic E-state index is 13.8. The third-order valence-corrected chi connectivity index (χ3v) is 4.03. The molecule has 23 heavy (non-hydrogen) atoms. The summed E-state index contributed by atoms with van der Waals surface area (Å²) in [4.78, 5) is 13.2. The Morgan fingerprint density at radius 1 is 1.13 bits per heavy atom. The Balaban J connectivity index is 1.63. The van der Waals surface area contributed by atoms with Gasteiger partial charge in [0.25, 0.3) is 5.91 Å². The van der Waals surface area contributed by atoms with E-state index in [9.17, 15) is 13.6 Å². The summed E-state index contributed by atoms with van der Waals surface area (Å²) in [5, 5.41) is 2.70. The fourth-order valence-electron chi connectivity index (χ4n) is 2.71. The molecule has 2 aromatic carbocycles. The molecular formula is C18H19F2N2O+. The number of benzene rings is 2. The van der Waals surface area contributed by atoms with Crippen molar-refractivity contribution in [3.63, 3.8) is 0 Å². The molecule has 1 amide bonds. The van der Waals surface area contributed by atoms with E-state index in [1.165, 1.54) is 18.2 Å². The molecule has 0 heterocycles. The molecule has 0 saturated heterocycles. The molecule has 3 nitrogen and oxygen atoms in total. The van der Waals surface area contributed by atoms with Crippen molar-refractivity contribution in [1.82, 2.24) is 0 Å². The Kier molecular flexibility index (Phi) is 4.67. The number of hydrogen-bond donors (Lipinski definition) is 2. The second kappa shape index (κ2) is 6.87. The maximum Gasteiger partial charge on any atom is 0.279 e. The van der Waals surface area contributed by atoms with Crippen molar-refractivity contribution in [1.29, 1.82) is 0 Å². The molecule has 1 aliphatic rings. The van der Waals surface area contributed by atoms with Crippen molar-refractivity contribution in [2.24, 2.45) is 0 Å². The lowest BCUT2D eigenvalue weighted by atomic mass is 10.2. The van der Waals surface area contributed by atoms with Crippen LogP contribution >= 0.6 is 0 Å². The molecule has 0 aromatic heterocycles. The lowest BCUT2D eigenvalue weighted by Crippen LogP contribution is -3.13. The van der Waals surface area contributed by atoms with Crippen LogP contribution in [-0.4, -0.2) is 18.5 Å². The zero-order valence-electron chi connectivity index (χ0n) is 12.7. The molecule has 120 valence electrons. The number of hydrogen-bond acceptors (Lipinski definition) is 1. The van der Waals surface area contributed by atoms with Gasteiger partial charge in [-0.15, -0.1) is 0 Å². The monoisotopic (exact) mass is 317 g/mol. The number of nitrogens with one attached hydrogen (secondary N) is 2. The molecule has 1 atom stereocenters. The molecule has 1 aliphatic carbocycles. The van der Waals surface area contributed by atoms with Crippen LogP contribution in [0.1, 0.15) is 18.4 Å². The van der Waals surface area contributed by atoms with Gasteiger partial charge < -0.3 is 10.2 Å². The molecule has 3 rings (SSSR count). The first-order valence-corrected chi connectivity index (χ1v) is 7.75. The summed E-state index contributed by atoms with van der Waals surface area (Å²) in [6, 6.07) is 12.9. The molecule has 2 aromatic rings. The summed E-state index contributed by atoms with van der Waals surface area (Å²) >= 11 is 0. The first-order chi connectivity index (χ1) is 11.1. The lowest BCUT2D eigenvalue weighted by Gasteiger charge is -2.19. The molecular weight excluding hydrogens is 298 g/mol. The quantitative estimate of drug-likeness (QED) is 0.841.